The fraction of sp³-hybridized carbons (Fsp3) is 0.333. The average molecular weight is 78.1 g/mol. The van der Waals surface area contributed by atoms with Crippen LogP contribution in [0.15, 0.2) is 12.2 Å². The molecule has 0 fully saturated rings. The van der Waals surface area contributed by atoms with E-state index < -0.39 is 0 Å². The maximum atomic E-state index is 3.04. The topological polar surface area (TPSA) is 0 Å². The van der Waals surface area contributed by atoms with Gasteiger partial charge in [0.05, 0.1) is 0 Å². The molecule has 0 heteroatoms. The maximum Gasteiger partial charge on any atom is 0.290 e. The van der Waals surface area contributed by atoms with Crippen LogP contribution in [0.2, 0.25) is 0 Å². The second-order valence-electron chi connectivity index (χ2n) is 1.24. The molecular formula is C6H6+2. The van der Waals surface area contributed by atoms with Crippen molar-refractivity contribution >= 4 is 0 Å². The molecule has 0 unspecified atom stereocenters. The lowest BCUT2D eigenvalue weighted by molar-refractivity contribution is 0.986. The molecule has 0 heterocycles. The lowest BCUT2D eigenvalue weighted by atomic mass is 10.2. The predicted octanol–water partition coefficient (Wildman–Crippen LogP) is 1.50. The summed E-state index contributed by atoms with van der Waals surface area (Å²) in [4.78, 5) is 0. The first-order valence-corrected chi connectivity index (χ1v) is 2.12. The van der Waals surface area contributed by atoms with Crippen molar-refractivity contribution in [3.8, 4) is 0 Å². The minimum absolute atomic E-state index is 1.05. The van der Waals surface area contributed by atoms with Crippen molar-refractivity contribution < 1.29 is 0 Å². The van der Waals surface area contributed by atoms with Crippen LogP contribution in [0.1, 0.15) is 12.8 Å². The Morgan fingerprint density at radius 2 is 1.50 bits per heavy atom. The van der Waals surface area contributed by atoms with Gasteiger partial charge in [-0.15, -0.1) is 0 Å². The molecule has 0 bridgehead atoms. The SMILES string of the molecule is [C+]1=CC=[C+]CC1. The van der Waals surface area contributed by atoms with Crippen molar-refractivity contribution in [2.75, 3.05) is 0 Å². The molecule has 0 aromatic heterocycles. The van der Waals surface area contributed by atoms with Crippen molar-refractivity contribution in [2.45, 2.75) is 12.8 Å². The van der Waals surface area contributed by atoms with E-state index in [0.717, 1.165) is 12.8 Å². The Labute approximate surface area is 38.2 Å². The first-order valence-electron chi connectivity index (χ1n) is 2.12. The summed E-state index contributed by atoms with van der Waals surface area (Å²) in [5, 5.41) is 0. The van der Waals surface area contributed by atoms with Crippen LogP contribution in [0.25, 0.3) is 0 Å². The Morgan fingerprint density at radius 3 is 1.67 bits per heavy atom. The van der Waals surface area contributed by atoms with Crippen LogP contribution in [0.4, 0.5) is 0 Å². The highest BCUT2D eigenvalue weighted by atomic mass is 13.8. The molecule has 1 rings (SSSR count). The number of hydrogen-bond donors (Lipinski definition) is 0. The summed E-state index contributed by atoms with van der Waals surface area (Å²) < 4.78 is 0. The molecule has 0 amide bonds. The van der Waals surface area contributed by atoms with E-state index in [1.54, 1.807) is 0 Å². The molecule has 0 N–H and O–H groups in total. The monoisotopic (exact) mass is 78.0 g/mol. The Morgan fingerprint density at radius 1 is 1.00 bits per heavy atom. The van der Waals surface area contributed by atoms with Crippen molar-refractivity contribution in [3.05, 3.63) is 24.3 Å². The first kappa shape index (κ1) is 3.49. The van der Waals surface area contributed by atoms with Crippen LogP contribution in [0.5, 0.6) is 0 Å². The van der Waals surface area contributed by atoms with Gasteiger partial charge < -0.3 is 0 Å². The predicted molar refractivity (Wildman–Crippen MR) is 24.9 cm³/mol. The second-order valence-corrected chi connectivity index (χ2v) is 1.24. The van der Waals surface area contributed by atoms with E-state index in [-0.39, 0.29) is 0 Å². The molecule has 6 heavy (non-hydrogen) atoms. The van der Waals surface area contributed by atoms with Gasteiger partial charge in [-0.2, -0.15) is 0 Å². The summed E-state index contributed by atoms with van der Waals surface area (Å²) in [7, 11) is 0. The van der Waals surface area contributed by atoms with E-state index >= 15 is 0 Å². The highest BCUT2D eigenvalue weighted by Crippen LogP contribution is 1.95. The van der Waals surface area contributed by atoms with E-state index in [9.17, 15) is 0 Å². The quantitative estimate of drug-likeness (QED) is 0.385. The van der Waals surface area contributed by atoms with Gasteiger partial charge in [0.2, 0.25) is 0 Å². The highest BCUT2D eigenvalue weighted by molar-refractivity contribution is 4.99. The van der Waals surface area contributed by atoms with E-state index in [4.69, 9.17) is 0 Å². The van der Waals surface area contributed by atoms with Crippen LogP contribution in [-0.4, -0.2) is 0 Å². The fourth-order valence-corrected chi connectivity index (χ4v) is 0.429. The van der Waals surface area contributed by atoms with Crippen molar-refractivity contribution in [1.29, 1.82) is 0 Å². The van der Waals surface area contributed by atoms with Crippen LogP contribution >= 0.6 is 0 Å². The van der Waals surface area contributed by atoms with Gasteiger partial charge in [0, 0.05) is 0 Å². The van der Waals surface area contributed by atoms with Crippen LogP contribution in [-0.2, 0) is 0 Å². The zero-order chi connectivity index (χ0) is 4.24. The molecule has 0 saturated carbocycles. The van der Waals surface area contributed by atoms with E-state index in [0.29, 0.717) is 0 Å². The van der Waals surface area contributed by atoms with Crippen molar-refractivity contribution in [2.24, 2.45) is 0 Å². The Kier molecular flexibility index (Phi) is 0.969. The zero-order valence-corrected chi connectivity index (χ0v) is 3.57. The summed E-state index contributed by atoms with van der Waals surface area (Å²) in [6, 6.07) is 0. The average Bonchev–Trinajstić information content (AvgIpc) is 1.72. The maximum absolute atomic E-state index is 3.04. The summed E-state index contributed by atoms with van der Waals surface area (Å²) >= 11 is 0. The second kappa shape index (κ2) is 1.67. The zero-order valence-electron chi connectivity index (χ0n) is 3.57. The van der Waals surface area contributed by atoms with Gasteiger partial charge in [-0.1, -0.05) is 0 Å². The first-order chi connectivity index (χ1) is 3.00. The molecule has 0 nitrogen and oxygen atoms in total. The number of hydrogen-bond acceptors (Lipinski definition) is 0. The summed E-state index contributed by atoms with van der Waals surface area (Å²) in [5.74, 6) is 0. The molecule has 0 spiro atoms. The van der Waals surface area contributed by atoms with Gasteiger partial charge in [-0.05, 0) is 0 Å². The largest absolute Gasteiger partial charge is 0.290 e. The van der Waals surface area contributed by atoms with Crippen molar-refractivity contribution in [3.63, 3.8) is 0 Å². The van der Waals surface area contributed by atoms with Crippen molar-refractivity contribution in [1.82, 2.24) is 0 Å². The third-order valence-electron chi connectivity index (χ3n) is 0.733. The molecule has 0 atom stereocenters. The highest BCUT2D eigenvalue weighted by Gasteiger charge is 2.01. The van der Waals surface area contributed by atoms with Crippen LogP contribution in [0, 0.1) is 12.2 Å². The van der Waals surface area contributed by atoms with Crippen LogP contribution in [0.3, 0.4) is 0 Å². The minimum Gasteiger partial charge on any atom is 0.139 e. The van der Waals surface area contributed by atoms with E-state index in [1.807, 2.05) is 12.2 Å². The molecule has 0 aliphatic heterocycles. The molecular weight excluding hydrogens is 72.1 g/mol. The summed E-state index contributed by atoms with van der Waals surface area (Å²) in [5.41, 5.74) is 0. The lowest BCUT2D eigenvalue weighted by Gasteiger charge is -1.64. The molecule has 28 valence electrons. The molecule has 1 aliphatic rings. The van der Waals surface area contributed by atoms with Gasteiger partial charge in [0.15, 0.2) is 12.2 Å². The molecule has 0 radical (unpaired) electrons. The van der Waals surface area contributed by atoms with Gasteiger partial charge >= 0.3 is 0 Å². The standard InChI is InChI=1S/C6H6/c1-2-4-6-5-3-1/h1-2H,5-6H2/q+2. The van der Waals surface area contributed by atoms with Gasteiger partial charge in [-0.3, -0.25) is 0 Å². The van der Waals surface area contributed by atoms with Gasteiger partial charge in [0.25, 0.3) is 12.2 Å². The lowest BCUT2D eigenvalue weighted by Crippen LogP contribution is -1.70. The third-order valence-corrected chi connectivity index (χ3v) is 0.733. The van der Waals surface area contributed by atoms with E-state index in [1.165, 1.54) is 0 Å². The molecule has 0 saturated heterocycles. The Bertz CT molecular complexity index is 66.0. The Balaban J connectivity index is 2.46. The number of allylic oxidation sites excluding steroid dienone is 4. The minimum atomic E-state index is 1.05. The summed E-state index contributed by atoms with van der Waals surface area (Å²) in [6.45, 7) is 0. The molecule has 0 aromatic carbocycles. The Hall–Kier alpha value is -0.700. The fourth-order valence-electron chi connectivity index (χ4n) is 0.429. The molecule has 0 aromatic rings. The normalized spacial score (nSPS) is 16.0. The van der Waals surface area contributed by atoms with E-state index in [2.05, 4.69) is 12.2 Å². The smallest absolute Gasteiger partial charge is 0.139 e. The summed E-state index contributed by atoms with van der Waals surface area (Å²) in [6.07, 6.45) is 12.0. The van der Waals surface area contributed by atoms with Crippen LogP contribution < -0.4 is 0 Å². The van der Waals surface area contributed by atoms with Gasteiger partial charge in [0.1, 0.15) is 12.8 Å². The molecule has 1 aliphatic carbocycles. The number of rotatable bonds is 0. The third kappa shape index (κ3) is 0.621. The van der Waals surface area contributed by atoms with Gasteiger partial charge in [-0.25, -0.2) is 0 Å².